The Labute approximate surface area is 177 Å². The molecule has 2 aromatic carbocycles. The lowest BCUT2D eigenvalue weighted by atomic mass is 9.96. The van der Waals surface area contributed by atoms with Crippen molar-refractivity contribution in [3.05, 3.63) is 53.9 Å². The number of rotatable bonds is 3. The Hall–Kier alpha value is -2.82. The summed E-state index contributed by atoms with van der Waals surface area (Å²) >= 11 is 0. The van der Waals surface area contributed by atoms with Crippen molar-refractivity contribution >= 4 is 17.1 Å². The summed E-state index contributed by atoms with van der Waals surface area (Å²) in [5.41, 5.74) is 5.21. The van der Waals surface area contributed by atoms with E-state index >= 15 is 0 Å². The van der Waals surface area contributed by atoms with Crippen molar-refractivity contribution in [2.24, 2.45) is 0 Å². The molecule has 1 atom stereocenters. The highest BCUT2D eigenvalue weighted by atomic mass is 16.4. The third-order valence-corrected chi connectivity index (χ3v) is 6.59. The molecule has 1 aliphatic heterocycles. The lowest BCUT2D eigenvalue weighted by Gasteiger charge is -2.28. The van der Waals surface area contributed by atoms with Gasteiger partial charge >= 0.3 is 6.03 Å². The first kappa shape index (κ1) is 19.2. The molecule has 30 heavy (non-hydrogen) atoms. The van der Waals surface area contributed by atoms with Gasteiger partial charge in [-0.3, -0.25) is 0 Å². The van der Waals surface area contributed by atoms with Crippen molar-refractivity contribution < 1.29 is 9.21 Å². The number of urea groups is 1. The summed E-state index contributed by atoms with van der Waals surface area (Å²) in [5, 5.41) is 3.25. The molecule has 0 bridgehead atoms. The van der Waals surface area contributed by atoms with Crippen molar-refractivity contribution in [2.45, 2.75) is 64.0 Å². The van der Waals surface area contributed by atoms with E-state index in [2.05, 4.69) is 48.6 Å². The Balaban J connectivity index is 1.38. The van der Waals surface area contributed by atoms with Gasteiger partial charge in [0.25, 0.3) is 0 Å². The first-order valence-electron chi connectivity index (χ1n) is 11.2. The molecule has 1 saturated heterocycles. The maximum Gasteiger partial charge on any atom is 0.318 e. The van der Waals surface area contributed by atoms with E-state index in [-0.39, 0.29) is 12.1 Å². The number of nitrogens with zero attached hydrogens (tertiary/aromatic N) is 2. The Morgan fingerprint density at radius 3 is 2.73 bits per heavy atom. The Bertz CT molecular complexity index is 1050. The lowest BCUT2D eigenvalue weighted by Crippen LogP contribution is -2.45. The molecule has 2 heterocycles. The predicted molar refractivity (Wildman–Crippen MR) is 118 cm³/mol. The smallest absolute Gasteiger partial charge is 0.318 e. The minimum absolute atomic E-state index is 0.0345. The SMILES string of the molecule is Cc1ccccc1-c1ccc2oc(C3CCCN3C(=O)NC3CCCCC3)nc2c1. The Morgan fingerprint density at radius 1 is 1.07 bits per heavy atom. The Kier molecular flexibility index (Phi) is 5.19. The van der Waals surface area contributed by atoms with Gasteiger partial charge in [-0.2, -0.15) is 0 Å². The van der Waals surface area contributed by atoms with E-state index in [0.29, 0.717) is 11.9 Å². The third-order valence-electron chi connectivity index (χ3n) is 6.59. The molecule has 1 aliphatic carbocycles. The number of fused-ring (bicyclic) bond motifs is 1. The zero-order chi connectivity index (χ0) is 20.5. The molecule has 2 fully saturated rings. The molecule has 5 heteroatoms. The third kappa shape index (κ3) is 3.69. The molecule has 1 saturated carbocycles. The number of hydrogen-bond acceptors (Lipinski definition) is 3. The molecule has 156 valence electrons. The van der Waals surface area contributed by atoms with Crippen LogP contribution >= 0.6 is 0 Å². The van der Waals surface area contributed by atoms with Gasteiger partial charge < -0.3 is 14.6 Å². The molecule has 1 aromatic heterocycles. The fourth-order valence-electron chi connectivity index (χ4n) is 4.92. The second-order valence-electron chi connectivity index (χ2n) is 8.69. The number of likely N-dealkylation sites (tertiary alicyclic amines) is 1. The molecular formula is C25H29N3O2. The number of oxazole rings is 1. The predicted octanol–water partition coefficient (Wildman–Crippen LogP) is 5.98. The van der Waals surface area contributed by atoms with Crippen LogP contribution in [0.4, 0.5) is 4.79 Å². The first-order chi connectivity index (χ1) is 14.7. The van der Waals surface area contributed by atoms with Gasteiger partial charge in [-0.1, -0.05) is 49.6 Å². The fourth-order valence-corrected chi connectivity index (χ4v) is 4.92. The lowest BCUT2D eigenvalue weighted by molar-refractivity contribution is 0.178. The number of benzene rings is 2. The van der Waals surface area contributed by atoms with E-state index in [1.807, 2.05) is 11.0 Å². The zero-order valence-corrected chi connectivity index (χ0v) is 17.6. The number of nitrogens with one attached hydrogen (secondary N) is 1. The summed E-state index contributed by atoms with van der Waals surface area (Å²) < 4.78 is 6.11. The number of hydrogen-bond donors (Lipinski definition) is 1. The van der Waals surface area contributed by atoms with Crippen LogP contribution < -0.4 is 5.32 Å². The molecule has 2 aliphatic rings. The second-order valence-corrected chi connectivity index (χ2v) is 8.69. The zero-order valence-electron chi connectivity index (χ0n) is 17.6. The van der Waals surface area contributed by atoms with Gasteiger partial charge in [-0.25, -0.2) is 9.78 Å². The van der Waals surface area contributed by atoms with Crippen molar-refractivity contribution in [1.29, 1.82) is 0 Å². The van der Waals surface area contributed by atoms with Crippen LogP contribution in [-0.4, -0.2) is 28.5 Å². The van der Waals surface area contributed by atoms with Crippen LogP contribution in [0.1, 0.15) is 62.4 Å². The van der Waals surface area contributed by atoms with Crippen LogP contribution in [0.3, 0.4) is 0 Å². The molecule has 5 rings (SSSR count). The average Bonchev–Trinajstić information content (AvgIpc) is 3.41. The van der Waals surface area contributed by atoms with Crippen LogP contribution in [-0.2, 0) is 0 Å². The summed E-state index contributed by atoms with van der Waals surface area (Å²) in [5.74, 6) is 0.656. The molecule has 2 amide bonds. The quantitative estimate of drug-likeness (QED) is 0.585. The van der Waals surface area contributed by atoms with Gasteiger partial charge in [0.05, 0.1) is 0 Å². The van der Waals surface area contributed by atoms with Crippen LogP contribution in [0.2, 0.25) is 0 Å². The van der Waals surface area contributed by atoms with Gasteiger partial charge in [-0.15, -0.1) is 0 Å². The fraction of sp³-hybridized carbons (Fsp3) is 0.440. The second kappa shape index (κ2) is 8.13. The Morgan fingerprint density at radius 2 is 1.90 bits per heavy atom. The topological polar surface area (TPSA) is 58.4 Å². The van der Waals surface area contributed by atoms with Crippen LogP contribution in [0.25, 0.3) is 22.2 Å². The molecule has 0 spiro atoms. The molecule has 1 N–H and O–H groups in total. The number of aryl methyl sites for hydroxylation is 1. The van der Waals surface area contributed by atoms with Crippen LogP contribution in [0, 0.1) is 6.92 Å². The minimum atomic E-state index is -0.0806. The van der Waals surface area contributed by atoms with Crippen molar-refractivity contribution in [1.82, 2.24) is 15.2 Å². The van der Waals surface area contributed by atoms with Gasteiger partial charge in [0.2, 0.25) is 5.89 Å². The molecular weight excluding hydrogens is 374 g/mol. The molecule has 0 radical (unpaired) electrons. The van der Waals surface area contributed by atoms with E-state index in [4.69, 9.17) is 9.40 Å². The summed E-state index contributed by atoms with van der Waals surface area (Å²) in [6.45, 7) is 2.88. The molecule has 1 unspecified atom stereocenters. The average molecular weight is 404 g/mol. The molecule has 5 nitrogen and oxygen atoms in total. The van der Waals surface area contributed by atoms with E-state index < -0.39 is 0 Å². The van der Waals surface area contributed by atoms with Gasteiger partial charge in [0.1, 0.15) is 11.6 Å². The highest BCUT2D eigenvalue weighted by molar-refractivity contribution is 5.81. The number of carbonyl (C=O) groups is 1. The number of amides is 2. The van der Waals surface area contributed by atoms with Crippen molar-refractivity contribution in [3.8, 4) is 11.1 Å². The van der Waals surface area contributed by atoms with Crippen LogP contribution in [0.15, 0.2) is 46.9 Å². The van der Waals surface area contributed by atoms with Gasteiger partial charge in [0.15, 0.2) is 5.58 Å². The normalized spacial score (nSPS) is 20.0. The van der Waals surface area contributed by atoms with Crippen LogP contribution in [0.5, 0.6) is 0 Å². The largest absolute Gasteiger partial charge is 0.438 e. The monoisotopic (exact) mass is 403 g/mol. The standard InChI is InChI=1S/C25H29N3O2/c1-17-8-5-6-11-20(17)18-13-14-23-21(16-18)27-24(30-23)22-12-7-15-28(22)25(29)26-19-9-3-2-4-10-19/h5-6,8,11,13-14,16,19,22H,2-4,7,9-10,12,15H2,1H3,(H,26,29). The van der Waals surface area contributed by atoms with Crippen molar-refractivity contribution in [2.75, 3.05) is 6.54 Å². The number of carbonyl (C=O) groups excluding carboxylic acids is 1. The maximum absolute atomic E-state index is 12.9. The highest BCUT2D eigenvalue weighted by Gasteiger charge is 2.34. The van der Waals surface area contributed by atoms with E-state index in [0.717, 1.165) is 48.9 Å². The summed E-state index contributed by atoms with van der Waals surface area (Å²) in [6.07, 6.45) is 7.77. The van der Waals surface area contributed by atoms with Crippen molar-refractivity contribution in [3.63, 3.8) is 0 Å². The minimum Gasteiger partial charge on any atom is -0.438 e. The summed E-state index contributed by atoms with van der Waals surface area (Å²) in [7, 11) is 0. The van der Waals surface area contributed by atoms with E-state index in [1.165, 1.54) is 30.4 Å². The highest BCUT2D eigenvalue weighted by Crippen LogP contribution is 2.35. The maximum atomic E-state index is 12.9. The molecule has 3 aromatic rings. The summed E-state index contributed by atoms with van der Waals surface area (Å²) in [4.78, 5) is 19.7. The van der Waals surface area contributed by atoms with E-state index in [1.54, 1.807) is 0 Å². The van der Waals surface area contributed by atoms with Gasteiger partial charge in [0, 0.05) is 12.6 Å². The van der Waals surface area contributed by atoms with Gasteiger partial charge in [-0.05, 0) is 61.4 Å². The number of aromatic nitrogens is 1. The van der Waals surface area contributed by atoms with E-state index in [9.17, 15) is 4.79 Å². The summed E-state index contributed by atoms with van der Waals surface area (Å²) in [6, 6.07) is 14.8. The first-order valence-corrected chi connectivity index (χ1v) is 11.2.